The number of allylic oxidation sites excluding steroid dienone is 1. The number of quaternary nitrogens is 1. The van der Waals surface area contributed by atoms with Crippen LogP contribution in [0.15, 0.2) is 48.1 Å². The van der Waals surface area contributed by atoms with Crippen molar-refractivity contribution in [2.75, 3.05) is 20.6 Å². The number of hydrogen-bond donors (Lipinski definition) is 3. The Labute approximate surface area is 154 Å². The van der Waals surface area contributed by atoms with Gasteiger partial charge in [0, 0.05) is 24.3 Å². The minimum Gasteiger partial charge on any atom is -0.379 e. The number of hydrogen-bond acceptors (Lipinski definition) is 4. The third-order valence-electron chi connectivity index (χ3n) is 5.88. The highest BCUT2D eigenvalue weighted by Crippen LogP contribution is 2.47. The minimum absolute atomic E-state index is 0.0620. The molecule has 6 heteroatoms. The molecule has 0 aromatic heterocycles. The molecule has 1 aromatic rings. The van der Waals surface area contributed by atoms with Crippen LogP contribution in [-0.2, 0) is 6.42 Å². The third kappa shape index (κ3) is 2.85. The number of nitrogens with zero attached hydrogens (tertiary/aromatic N) is 2. The largest absolute Gasteiger partial charge is 0.379 e. The monoisotopic (exact) mass is 355 g/mol. The molecule has 2 aliphatic rings. The van der Waals surface area contributed by atoms with Gasteiger partial charge >= 0.3 is 0 Å². The Morgan fingerprint density at radius 2 is 2.19 bits per heavy atom. The van der Waals surface area contributed by atoms with E-state index in [4.69, 9.17) is 11.6 Å². The number of nitrogens with two attached hydrogens (primary N) is 2. The van der Waals surface area contributed by atoms with Gasteiger partial charge in [-0.1, -0.05) is 12.6 Å². The summed E-state index contributed by atoms with van der Waals surface area (Å²) in [7, 11) is 4.20. The zero-order chi connectivity index (χ0) is 19.1. The number of benzene rings is 1. The van der Waals surface area contributed by atoms with E-state index in [1.54, 1.807) is 12.1 Å². The summed E-state index contributed by atoms with van der Waals surface area (Å²) >= 11 is 0. The van der Waals surface area contributed by atoms with E-state index in [0.717, 1.165) is 23.4 Å². The molecule has 3 atom stereocenters. The first kappa shape index (κ1) is 18.4. The van der Waals surface area contributed by atoms with E-state index in [-0.39, 0.29) is 12.0 Å². The van der Waals surface area contributed by atoms with Crippen molar-refractivity contribution in [1.29, 1.82) is 0 Å². The Morgan fingerprint density at radius 3 is 2.81 bits per heavy atom. The number of primary amides is 1. The van der Waals surface area contributed by atoms with Gasteiger partial charge in [0.25, 0.3) is 0 Å². The smallest absolute Gasteiger partial charge is 0.248 e. The van der Waals surface area contributed by atoms with Crippen molar-refractivity contribution < 1.29 is 14.4 Å². The van der Waals surface area contributed by atoms with E-state index in [1.807, 2.05) is 24.3 Å². The van der Waals surface area contributed by atoms with Crippen LogP contribution in [0.4, 0.5) is 0 Å². The van der Waals surface area contributed by atoms with Gasteiger partial charge in [-0.25, -0.2) is 0 Å². The highest BCUT2D eigenvalue weighted by molar-refractivity contribution is 5.97. The van der Waals surface area contributed by atoms with Crippen molar-refractivity contribution in [2.45, 2.75) is 30.4 Å². The van der Waals surface area contributed by atoms with Crippen LogP contribution in [0.25, 0.3) is 0 Å². The summed E-state index contributed by atoms with van der Waals surface area (Å²) in [4.78, 5) is 11.6. The van der Waals surface area contributed by atoms with Gasteiger partial charge in [0.1, 0.15) is 11.6 Å². The van der Waals surface area contributed by atoms with Crippen molar-refractivity contribution in [3.05, 3.63) is 59.7 Å². The van der Waals surface area contributed by atoms with Gasteiger partial charge in [-0.05, 0) is 41.5 Å². The minimum atomic E-state index is -1.07. The Kier molecular flexibility index (Phi) is 4.50. The van der Waals surface area contributed by atoms with Crippen molar-refractivity contribution in [3.8, 4) is 0 Å². The number of likely N-dealkylation sites (N-methyl/N-ethyl adjacent to an activating group) is 1. The highest BCUT2D eigenvalue weighted by atomic mass is 16.3. The summed E-state index contributed by atoms with van der Waals surface area (Å²) in [5, 5.41) is 15.6. The Bertz CT molecular complexity index is 812. The fraction of sp³-hybridized carbons (Fsp3) is 0.400. The quantitative estimate of drug-likeness (QED) is 0.326. The second-order valence-electron chi connectivity index (χ2n) is 7.85. The van der Waals surface area contributed by atoms with Crippen LogP contribution < -0.4 is 11.6 Å². The maximum absolute atomic E-state index is 11.8. The molecular weight excluding hydrogens is 328 g/mol. The predicted octanol–water partition coefficient (Wildman–Crippen LogP) is 1.06. The lowest BCUT2D eigenvalue weighted by molar-refractivity contribution is -0.916. The lowest BCUT2D eigenvalue weighted by atomic mass is 9.63. The second-order valence-corrected chi connectivity index (χ2v) is 7.85. The molecule has 0 saturated carbocycles. The van der Waals surface area contributed by atoms with Gasteiger partial charge in [0.2, 0.25) is 5.91 Å². The number of amides is 1. The summed E-state index contributed by atoms with van der Waals surface area (Å²) in [5.74, 6) is 4.79. The molecule has 138 valence electrons. The maximum Gasteiger partial charge on any atom is 0.248 e. The van der Waals surface area contributed by atoms with Crippen molar-refractivity contribution in [1.82, 2.24) is 0 Å². The fourth-order valence-electron chi connectivity index (χ4n) is 4.48. The summed E-state index contributed by atoms with van der Waals surface area (Å²) in [5.41, 5.74) is 7.64. The van der Waals surface area contributed by atoms with Crippen molar-refractivity contribution in [2.24, 2.45) is 16.7 Å². The van der Waals surface area contributed by atoms with Crippen LogP contribution in [0.1, 0.15) is 33.8 Å². The SMILES string of the molecule is C=CC[N+](C)(C)[C@@H]1Cc2ccc(C(N)=O)cc2C2C/C(=N/N)C=C[C@]21O. The molecule has 5 N–H and O–H groups in total. The van der Waals surface area contributed by atoms with Gasteiger partial charge in [0.05, 0.1) is 26.4 Å². The van der Waals surface area contributed by atoms with Gasteiger partial charge in [0.15, 0.2) is 0 Å². The average Bonchev–Trinajstić information content (AvgIpc) is 2.59. The molecule has 3 rings (SSSR count). The number of rotatable bonds is 4. The molecule has 0 radical (unpaired) electrons. The Morgan fingerprint density at radius 1 is 1.46 bits per heavy atom. The van der Waals surface area contributed by atoms with Crippen molar-refractivity contribution >= 4 is 11.6 Å². The Balaban J connectivity index is 2.19. The summed E-state index contributed by atoms with van der Waals surface area (Å²) in [6.45, 7) is 4.60. The molecule has 1 unspecified atom stereocenters. The molecule has 0 heterocycles. The van der Waals surface area contributed by atoms with Crippen LogP contribution in [0.3, 0.4) is 0 Å². The molecule has 1 aromatic carbocycles. The molecule has 0 aliphatic heterocycles. The van der Waals surface area contributed by atoms with Crippen LogP contribution in [0.5, 0.6) is 0 Å². The lowest BCUT2D eigenvalue weighted by Gasteiger charge is -2.52. The van der Waals surface area contributed by atoms with E-state index >= 15 is 0 Å². The van der Waals surface area contributed by atoms with Crippen LogP contribution in [-0.4, -0.2) is 53.5 Å². The third-order valence-corrected chi connectivity index (χ3v) is 5.88. The predicted molar refractivity (Wildman–Crippen MR) is 103 cm³/mol. The first-order chi connectivity index (χ1) is 12.2. The van der Waals surface area contributed by atoms with Gasteiger partial charge in [-0.15, -0.1) is 0 Å². The lowest BCUT2D eigenvalue weighted by Crippen LogP contribution is -2.65. The average molecular weight is 355 g/mol. The molecule has 0 bridgehead atoms. The molecule has 0 spiro atoms. The number of aliphatic hydroxyl groups is 1. The van der Waals surface area contributed by atoms with Gasteiger partial charge in [-0.3, -0.25) is 4.79 Å². The molecule has 0 saturated heterocycles. The first-order valence-electron chi connectivity index (χ1n) is 8.77. The van der Waals surface area contributed by atoms with Crippen LogP contribution in [0.2, 0.25) is 0 Å². The molecular formula is C20H27N4O2+. The van der Waals surface area contributed by atoms with Gasteiger partial charge < -0.3 is 21.2 Å². The van der Waals surface area contributed by atoms with Crippen LogP contribution >= 0.6 is 0 Å². The van der Waals surface area contributed by atoms with E-state index in [9.17, 15) is 9.90 Å². The topological polar surface area (TPSA) is 102 Å². The van der Waals surface area contributed by atoms with Gasteiger partial charge in [-0.2, -0.15) is 5.10 Å². The first-order valence-corrected chi connectivity index (χ1v) is 8.77. The molecule has 6 nitrogen and oxygen atoms in total. The maximum atomic E-state index is 11.8. The fourth-order valence-corrected chi connectivity index (χ4v) is 4.48. The molecule has 2 aliphatic carbocycles. The Hall–Kier alpha value is -2.44. The number of carbonyl (C=O) groups is 1. The van der Waals surface area contributed by atoms with Crippen molar-refractivity contribution in [3.63, 3.8) is 0 Å². The summed E-state index contributed by atoms with van der Waals surface area (Å²) < 4.78 is 0.604. The second kappa shape index (κ2) is 6.37. The summed E-state index contributed by atoms with van der Waals surface area (Å²) in [6.07, 6.45) is 6.72. The van der Waals surface area contributed by atoms with Crippen LogP contribution in [0, 0.1) is 0 Å². The number of hydrazone groups is 1. The van der Waals surface area contributed by atoms with E-state index < -0.39 is 11.5 Å². The van der Waals surface area contributed by atoms with E-state index in [1.165, 1.54) is 0 Å². The zero-order valence-electron chi connectivity index (χ0n) is 15.4. The number of carbonyl (C=O) groups excluding carboxylic acids is 1. The highest BCUT2D eigenvalue weighted by Gasteiger charge is 2.55. The van der Waals surface area contributed by atoms with E-state index in [2.05, 4.69) is 25.8 Å². The normalized spacial score (nSPS) is 29.1. The van der Waals surface area contributed by atoms with E-state index in [0.29, 0.717) is 22.9 Å². The summed E-state index contributed by atoms with van der Waals surface area (Å²) in [6, 6.07) is 5.46. The molecule has 0 fully saturated rings. The zero-order valence-corrected chi connectivity index (χ0v) is 15.4. The molecule has 1 amide bonds. The number of fused-ring (bicyclic) bond motifs is 3. The standard InChI is InChI=1S/C20H26N4O2/c1-4-9-24(2,3)18-11-13-5-6-14(19(21)25)10-16(13)17-12-15(23-22)7-8-20(17,18)26/h4-8,10,17-18,26H,1,9,11-12,22H2,2-3H3,(H-,21,25)/p+1/b23-15+/t17?,18-,20+/m1/s1. The molecule has 26 heavy (non-hydrogen) atoms.